The van der Waals surface area contributed by atoms with Crippen molar-refractivity contribution >= 4 is 23.1 Å². The van der Waals surface area contributed by atoms with Crippen LogP contribution >= 0.6 is 0 Å². The molecule has 1 aliphatic heterocycles. The summed E-state index contributed by atoms with van der Waals surface area (Å²) in [5.41, 5.74) is -0.133. The van der Waals surface area contributed by atoms with E-state index in [9.17, 15) is 32.9 Å². The van der Waals surface area contributed by atoms with Crippen molar-refractivity contribution in [2.45, 2.75) is 38.9 Å². The smallest absolute Gasteiger partial charge is 0.382 e. The molecule has 0 aromatic heterocycles. The van der Waals surface area contributed by atoms with Gasteiger partial charge >= 0.3 is 6.18 Å². The molecule has 33 heavy (non-hydrogen) atoms. The van der Waals surface area contributed by atoms with E-state index in [1.807, 2.05) is 13.8 Å². The first-order chi connectivity index (χ1) is 15.5. The summed E-state index contributed by atoms with van der Waals surface area (Å²) in [6, 6.07) is 8.21. The van der Waals surface area contributed by atoms with Gasteiger partial charge in [0.15, 0.2) is 5.78 Å². The number of nitro benzene ring substituents is 1. The van der Waals surface area contributed by atoms with Crippen molar-refractivity contribution in [2.75, 3.05) is 18.4 Å². The second-order valence-corrected chi connectivity index (χ2v) is 8.29. The number of nitrogens with zero attached hydrogens (tertiary/aromatic N) is 2. The van der Waals surface area contributed by atoms with Gasteiger partial charge in [-0.3, -0.25) is 19.7 Å². The number of alkyl halides is 3. The van der Waals surface area contributed by atoms with Crippen molar-refractivity contribution in [3.63, 3.8) is 0 Å². The third kappa shape index (κ3) is 5.68. The van der Waals surface area contributed by atoms with E-state index in [0.717, 1.165) is 12.1 Å². The molecule has 1 fully saturated rings. The predicted molar refractivity (Wildman–Crippen MR) is 116 cm³/mol. The zero-order chi connectivity index (χ0) is 24.3. The molecule has 1 aliphatic rings. The highest BCUT2D eigenvalue weighted by Crippen LogP contribution is 2.31. The van der Waals surface area contributed by atoms with Crippen LogP contribution in [0.5, 0.6) is 0 Å². The molecular formula is C23H24F3N3O4. The van der Waals surface area contributed by atoms with E-state index < -0.39 is 22.6 Å². The van der Waals surface area contributed by atoms with Crippen molar-refractivity contribution in [1.29, 1.82) is 0 Å². The number of hydrogen-bond acceptors (Lipinski definition) is 5. The summed E-state index contributed by atoms with van der Waals surface area (Å²) in [5, 5.41) is 14.3. The fraction of sp³-hybridized carbons (Fsp3) is 0.391. The van der Waals surface area contributed by atoms with Crippen molar-refractivity contribution in [3.05, 3.63) is 69.3 Å². The molecule has 0 atom stereocenters. The third-order valence-electron chi connectivity index (χ3n) is 5.54. The maximum atomic E-state index is 13.1. The van der Waals surface area contributed by atoms with E-state index >= 15 is 0 Å². The van der Waals surface area contributed by atoms with Gasteiger partial charge in [-0.05, 0) is 44.9 Å². The van der Waals surface area contributed by atoms with Crippen LogP contribution in [0.3, 0.4) is 0 Å². The minimum atomic E-state index is -4.47. The molecule has 0 radical (unpaired) electrons. The van der Waals surface area contributed by atoms with Crippen LogP contribution in [0.4, 0.5) is 24.5 Å². The fourth-order valence-corrected chi connectivity index (χ4v) is 3.83. The van der Waals surface area contributed by atoms with Crippen LogP contribution < -0.4 is 5.32 Å². The summed E-state index contributed by atoms with van der Waals surface area (Å²) in [6.07, 6.45) is -3.76. The fourth-order valence-electron chi connectivity index (χ4n) is 3.83. The highest BCUT2D eigenvalue weighted by atomic mass is 19.4. The van der Waals surface area contributed by atoms with Crippen molar-refractivity contribution < 1.29 is 27.7 Å². The van der Waals surface area contributed by atoms with Gasteiger partial charge in [0.25, 0.3) is 11.6 Å². The van der Waals surface area contributed by atoms with Gasteiger partial charge in [-0.15, -0.1) is 0 Å². The second kappa shape index (κ2) is 9.60. The molecule has 0 aliphatic carbocycles. The molecule has 0 bridgehead atoms. The van der Waals surface area contributed by atoms with E-state index in [1.54, 1.807) is 4.90 Å². The number of carbonyl (C=O) groups excluding carboxylic acids is 2. The van der Waals surface area contributed by atoms with Gasteiger partial charge in [0.2, 0.25) is 0 Å². The number of anilines is 1. The maximum absolute atomic E-state index is 13.1. The Hall–Kier alpha value is -3.43. The Labute approximate surface area is 188 Å². The zero-order valence-electron chi connectivity index (χ0n) is 18.2. The van der Waals surface area contributed by atoms with Gasteiger partial charge < -0.3 is 10.2 Å². The molecule has 1 N–H and O–H groups in total. The summed E-state index contributed by atoms with van der Waals surface area (Å²) < 4.78 is 38.2. The number of ketones is 1. The number of rotatable bonds is 6. The summed E-state index contributed by atoms with van der Waals surface area (Å²) in [5.74, 6) is -1.04. The molecule has 1 heterocycles. The lowest BCUT2D eigenvalue weighted by Crippen LogP contribution is -2.40. The molecule has 0 saturated carbocycles. The zero-order valence-corrected chi connectivity index (χ0v) is 18.2. The monoisotopic (exact) mass is 463 g/mol. The first-order valence-electron chi connectivity index (χ1n) is 10.5. The number of non-ortho nitro benzene ring substituents is 1. The maximum Gasteiger partial charge on any atom is 0.416 e. The predicted octanol–water partition coefficient (Wildman–Crippen LogP) is 5.17. The molecular weight excluding hydrogens is 439 g/mol. The number of amides is 1. The van der Waals surface area contributed by atoms with Gasteiger partial charge in [0.1, 0.15) is 0 Å². The molecule has 0 spiro atoms. The number of nitrogens with one attached hydrogen (secondary N) is 1. The molecule has 1 saturated heterocycles. The third-order valence-corrected chi connectivity index (χ3v) is 5.54. The van der Waals surface area contributed by atoms with E-state index in [4.69, 9.17) is 0 Å². The lowest BCUT2D eigenvalue weighted by Gasteiger charge is -2.32. The van der Waals surface area contributed by atoms with E-state index in [2.05, 4.69) is 5.32 Å². The van der Waals surface area contributed by atoms with Gasteiger partial charge in [-0.25, -0.2) is 0 Å². The lowest BCUT2D eigenvalue weighted by atomic mass is 9.88. The lowest BCUT2D eigenvalue weighted by molar-refractivity contribution is -0.384. The van der Waals surface area contributed by atoms with Crippen molar-refractivity contribution in [1.82, 2.24) is 4.90 Å². The number of likely N-dealkylation sites (tertiary alicyclic amines) is 1. The standard InChI is InChI=1S/C23H24F3N3O4/c1-14(2)27-20-8-7-18(29(32)33)13-19(20)22(31)28-11-9-16(10-12-28)21(30)15-3-5-17(6-4-15)23(24,25)26/h3-8,13-14,16,27H,9-12H2,1-2H3. The average Bonchev–Trinajstić information content (AvgIpc) is 2.77. The van der Waals surface area contributed by atoms with E-state index in [1.165, 1.54) is 30.3 Å². The Bertz CT molecular complexity index is 1040. The Morgan fingerprint density at radius 3 is 2.21 bits per heavy atom. The Balaban J connectivity index is 1.70. The average molecular weight is 463 g/mol. The van der Waals surface area contributed by atoms with Gasteiger partial charge in [0.05, 0.1) is 16.1 Å². The molecule has 2 aromatic rings. The first kappa shape index (κ1) is 24.2. The van der Waals surface area contributed by atoms with Crippen LogP contribution in [0, 0.1) is 16.0 Å². The molecule has 0 unspecified atom stereocenters. The van der Waals surface area contributed by atoms with Crippen LogP contribution in [0.25, 0.3) is 0 Å². The van der Waals surface area contributed by atoms with E-state index in [0.29, 0.717) is 18.5 Å². The number of Topliss-reactive ketones (excluding diaryl/α,β-unsaturated/α-hetero) is 1. The SMILES string of the molecule is CC(C)Nc1ccc([N+](=O)[O-])cc1C(=O)N1CCC(C(=O)c2ccc(C(F)(F)F)cc2)CC1. The van der Waals surface area contributed by atoms with Crippen LogP contribution in [0.15, 0.2) is 42.5 Å². The highest BCUT2D eigenvalue weighted by Gasteiger charge is 2.32. The van der Waals surface area contributed by atoms with E-state index in [-0.39, 0.29) is 47.6 Å². The van der Waals surface area contributed by atoms with Crippen molar-refractivity contribution in [2.24, 2.45) is 5.92 Å². The largest absolute Gasteiger partial charge is 0.416 e. The van der Waals surface area contributed by atoms with Gasteiger partial charge in [-0.1, -0.05) is 12.1 Å². The Morgan fingerprint density at radius 1 is 1.09 bits per heavy atom. The molecule has 1 amide bonds. The summed E-state index contributed by atoms with van der Waals surface area (Å²) in [4.78, 5) is 38.0. The summed E-state index contributed by atoms with van der Waals surface area (Å²) in [6.45, 7) is 4.29. The minimum absolute atomic E-state index is 0.00472. The van der Waals surface area contributed by atoms with Crippen LogP contribution in [-0.2, 0) is 6.18 Å². The molecule has 7 nitrogen and oxygen atoms in total. The molecule has 10 heteroatoms. The molecule has 176 valence electrons. The first-order valence-corrected chi connectivity index (χ1v) is 10.5. The molecule has 3 rings (SSSR count). The van der Waals surface area contributed by atoms with Gasteiger partial charge in [-0.2, -0.15) is 13.2 Å². The molecule has 2 aromatic carbocycles. The van der Waals surface area contributed by atoms with Crippen LogP contribution in [0.2, 0.25) is 0 Å². The Morgan fingerprint density at radius 2 is 1.70 bits per heavy atom. The quantitative estimate of drug-likeness (QED) is 0.363. The number of piperidine rings is 1. The number of hydrogen-bond donors (Lipinski definition) is 1. The Kier molecular flexibility index (Phi) is 7.04. The van der Waals surface area contributed by atoms with Crippen LogP contribution in [-0.4, -0.2) is 40.6 Å². The normalized spacial score (nSPS) is 14.9. The second-order valence-electron chi connectivity index (χ2n) is 8.29. The number of halogens is 3. The summed E-state index contributed by atoms with van der Waals surface area (Å²) >= 11 is 0. The topological polar surface area (TPSA) is 92.6 Å². The summed E-state index contributed by atoms with van der Waals surface area (Å²) in [7, 11) is 0. The number of benzene rings is 2. The number of nitro groups is 1. The highest BCUT2D eigenvalue weighted by molar-refractivity contribution is 6.01. The number of carbonyl (C=O) groups is 2. The van der Waals surface area contributed by atoms with Crippen LogP contribution in [0.1, 0.15) is 53.0 Å². The van der Waals surface area contributed by atoms with Gasteiger partial charge in [0, 0.05) is 48.4 Å². The minimum Gasteiger partial charge on any atom is -0.382 e. The van der Waals surface area contributed by atoms with Crippen molar-refractivity contribution in [3.8, 4) is 0 Å².